The molecule has 2 fully saturated rings. The summed E-state index contributed by atoms with van der Waals surface area (Å²) in [5, 5.41) is 9.48. The molecule has 2 heterocycles. The van der Waals surface area contributed by atoms with Crippen molar-refractivity contribution in [3.63, 3.8) is 0 Å². The summed E-state index contributed by atoms with van der Waals surface area (Å²) in [4.78, 5) is 4.88. The Hall–Kier alpha value is -1.28. The lowest BCUT2D eigenvalue weighted by Crippen LogP contribution is -2.39. The average Bonchev–Trinajstić information content (AvgIpc) is 2.97. The van der Waals surface area contributed by atoms with Crippen LogP contribution in [0.15, 0.2) is 18.2 Å². The molecule has 1 aromatic carbocycles. The van der Waals surface area contributed by atoms with E-state index in [1.807, 2.05) is 18.2 Å². The van der Waals surface area contributed by atoms with Gasteiger partial charge in [0.25, 0.3) is 0 Å². The zero-order valence-corrected chi connectivity index (χ0v) is 12.9. The zero-order valence-electron chi connectivity index (χ0n) is 12.1. The van der Waals surface area contributed by atoms with Crippen molar-refractivity contribution in [3.05, 3.63) is 28.8 Å². The average molecular weight is 306 g/mol. The summed E-state index contributed by atoms with van der Waals surface area (Å²) in [5.74, 6) is 0.706. The summed E-state index contributed by atoms with van der Waals surface area (Å²) in [5.41, 5.74) is 1.67. The van der Waals surface area contributed by atoms with Crippen LogP contribution in [-0.2, 0) is 4.74 Å². The third kappa shape index (κ3) is 3.49. The van der Waals surface area contributed by atoms with Crippen LogP contribution >= 0.6 is 11.6 Å². The summed E-state index contributed by atoms with van der Waals surface area (Å²) in [6, 6.07) is 7.83. The lowest BCUT2D eigenvalue weighted by Gasteiger charge is -2.29. The van der Waals surface area contributed by atoms with Crippen molar-refractivity contribution in [2.45, 2.75) is 6.42 Å². The van der Waals surface area contributed by atoms with Crippen molar-refractivity contribution in [2.75, 3.05) is 50.8 Å². The summed E-state index contributed by atoms with van der Waals surface area (Å²) < 4.78 is 5.40. The van der Waals surface area contributed by atoms with Gasteiger partial charge < -0.3 is 9.64 Å². The monoisotopic (exact) mass is 305 g/mol. The molecule has 112 valence electrons. The van der Waals surface area contributed by atoms with Crippen LogP contribution in [0.25, 0.3) is 0 Å². The molecule has 0 unspecified atom stereocenters. The second-order valence-electron chi connectivity index (χ2n) is 5.79. The minimum Gasteiger partial charge on any atom is -0.379 e. The van der Waals surface area contributed by atoms with Gasteiger partial charge in [-0.1, -0.05) is 11.6 Å². The smallest absolute Gasteiger partial charge is 0.101 e. The van der Waals surface area contributed by atoms with Crippen molar-refractivity contribution in [2.24, 2.45) is 5.92 Å². The van der Waals surface area contributed by atoms with E-state index in [2.05, 4.69) is 15.9 Å². The van der Waals surface area contributed by atoms with Crippen LogP contribution < -0.4 is 4.90 Å². The Morgan fingerprint density at radius 2 is 2.10 bits per heavy atom. The van der Waals surface area contributed by atoms with Gasteiger partial charge in [0.1, 0.15) is 6.07 Å². The molecule has 0 spiro atoms. The van der Waals surface area contributed by atoms with E-state index in [1.54, 1.807) is 0 Å². The molecule has 21 heavy (non-hydrogen) atoms. The van der Waals surface area contributed by atoms with Crippen LogP contribution in [0.4, 0.5) is 5.69 Å². The molecule has 2 aliphatic heterocycles. The summed E-state index contributed by atoms with van der Waals surface area (Å²) in [6.07, 6.45) is 1.22. The van der Waals surface area contributed by atoms with Crippen molar-refractivity contribution >= 4 is 17.3 Å². The van der Waals surface area contributed by atoms with E-state index in [0.29, 0.717) is 16.5 Å². The fourth-order valence-corrected chi connectivity index (χ4v) is 3.37. The largest absolute Gasteiger partial charge is 0.379 e. The fourth-order valence-electron chi connectivity index (χ4n) is 3.16. The highest BCUT2D eigenvalue weighted by atomic mass is 35.5. The maximum absolute atomic E-state index is 8.94. The molecule has 0 bridgehead atoms. The van der Waals surface area contributed by atoms with Crippen LogP contribution in [0.2, 0.25) is 5.02 Å². The molecule has 2 saturated heterocycles. The highest BCUT2D eigenvalue weighted by Crippen LogP contribution is 2.28. The number of anilines is 1. The number of halogens is 1. The molecule has 4 nitrogen and oxygen atoms in total. The number of ether oxygens (including phenoxy) is 1. The van der Waals surface area contributed by atoms with Gasteiger partial charge in [-0.25, -0.2) is 0 Å². The third-order valence-electron chi connectivity index (χ3n) is 4.34. The van der Waals surface area contributed by atoms with Gasteiger partial charge in [-0.3, -0.25) is 4.90 Å². The molecule has 1 atom stereocenters. The molecule has 1 aromatic rings. The molecule has 0 radical (unpaired) electrons. The van der Waals surface area contributed by atoms with Crippen molar-refractivity contribution < 1.29 is 4.74 Å². The van der Waals surface area contributed by atoms with E-state index in [4.69, 9.17) is 21.6 Å². The van der Waals surface area contributed by atoms with Crippen LogP contribution in [0, 0.1) is 17.2 Å². The van der Waals surface area contributed by atoms with Crippen LogP contribution in [0.1, 0.15) is 12.0 Å². The lowest BCUT2D eigenvalue weighted by atomic mass is 10.1. The van der Waals surface area contributed by atoms with E-state index in [-0.39, 0.29) is 0 Å². The summed E-state index contributed by atoms with van der Waals surface area (Å²) in [6.45, 7) is 7.13. The second-order valence-corrected chi connectivity index (χ2v) is 6.20. The first kappa shape index (κ1) is 14.6. The van der Waals surface area contributed by atoms with Gasteiger partial charge in [0.05, 0.1) is 23.8 Å². The van der Waals surface area contributed by atoms with Crippen molar-refractivity contribution in [1.82, 2.24) is 4.90 Å². The molecule has 5 heteroatoms. The maximum atomic E-state index is 8.94. The summed E-state index contributed by atoms with van der Waals surface area (Å²) in [7, 11) is 0. The molecule has 0 N–H and O–H groups in total. The molecular weight excluding hydrogens is 286 g/mol. The molecular formula is C16H20ClN3O. The van der Waals surface area contributed by atoms with E-state index in [1.165, 1.54) is 6.42 Å². The Morgan fingerprint density at radius 3 is 2.81 bits per heavy atom. The van der Waals surface area contributed by atoms with Crippen LogP contribution in [0.3, 0.4) is 0 Å². The maximum Gasteiger partial charge on any atom is 0.101 e. The highest BCUT2D eigenvalue weighted by molar-refractivity contribution is 6.32. The minimum absolute atomic E-state index is 0.546. The van der Waals surface area contributed by atoms with E-state index in [0.717, 1.165) is 51.6 Å². The summed E-state index contributed by atoms with van der Waals surface area (Å²) >= 11 is 6.13. The Labute approximate surface area is 130 Å². The molecule has 0 aromatic heterocycles. The van der Waals surface area contributed by atoms with Crippen LogP contribution in [0.5, 0.6) is 0 Å². The number of benzene rings is 1. The molecule has 0 aliphatic carbocycles. The fraction of sp³-hybridized carbons (Fsp3) is 0.562. The Balaban J connectivity index is 1.59. The number of morpholine rings is 1. The van der Waals surface area contributed by atoms with E-state index >= 15 is 0 Å². The number of nitrogens with zero attached hydrogens (tertiary/aromatic N) is 3. The Morgan fingerprint density at radius 1 is 1.29 bits per heavy atom. The lowest BCUT2D eigenvalue weighted by molar-refractivity contribution is 0.0320. The van der Waals surface area contributed by atoms with Gasteiger partial charge in [0.15, 0.2) is 0 Å². The van der Waals surface area contributed by atoms with Crippen molar-refractivity contribution in [3.8, 4) is 6.07 Å². The van der Waals surface area contributed by atoms with E-state index < -0.39 is 0 Å². The van der Waals surface area contributed by atoms with Crippen LogP contribution in [-0.4, -0.2) is 50.8 Å². The molecule has 3 rings (SSSR count). The standard InChI is InChI=1S/C16H20ClN3O/c17-16-9-15(2-1-14(16)10-18)20-4-3-13(12-20)11-19-5-7-21-8-6-19/h1-2,9,13H,3-8,11-12H2/t13-/m0/s1. The third-order valence-corrected chi connectivity index (χ3v) is 4.66. The molecule has 0 saturated carbocycles. The number of nitriles is 1. The van der Waals surface area contributed by atoms with Gasteiger partial charge in [-0.15, -0.1) is 0 Å². The van der Waals surface area contributed by atoms with Gasteiger partial charge in [-0.05, 0) is 30.5 Å². The number of rotatable bonds is 3. The number of hydrogen-bond acceptors (Lipinski definition) is 4. The first-order valence-corrected chi connectivity index (χ1v) is 7.89. The predicted molar refractivity (Wildman–Crippen MR) is 83.7 cm³/mol. The van der Waals surface area contributed by atoms with Crippen molar-refractivity contribution in [1.29, 1.82) is 5.26 Å². The zero-order chi connectivity index (χ0) is 14.7. The van der Waals surface area contributed by atoms with E-state index in [9.17, 15) is 0 Å². The number of hydrogen-bond donors (Lipinski definition) is 0. The second kappa shape index (κ2) is 6.65. The topological polar surface area (TPSA) is 39.5 Å². The molecule has 0 amide bonds. The van der Waals surface area contributed by atoms with Gasteiger partial charge in [0, 0.05) is 38.4 Å². The Kier molecular flexibility index (Phi) is 4.64. The minimum atomic E-state index is 0.546. The molecule has 2 aliphatic rings. The Bertz CT molecular complexity index is 537. The quantitative estimate of drug-likeness (QED) is 0.859. The normalized spacial score (nSPS) is 23.2. The SMILES string of the molecule is N#Cc1ccc(N2CC[C@@H](CN3CCOCC3)C2)cc1Cl. The first-order chi connectivity index (χ1) is 10.3. The van der Waals surface area contributed by atoms with Gasteiger partial charge >= 0.3 is 0 Å². The van der Waals surface area contributed by atoms with Gasteiger partial charge in [0.2, 0.25) is 0 Å². The predicted octanol–water partition coefficient (Wildman–Crippen LogP) is 2.37. The first-order valence-electron chi connectivity index (χ1n) is 7.51. The highest BCUT2D eigenvalue weighted by Gasteiger charge is 2.25. The van der Waals surface area contributed by atoms with Gasteiger partial charge in [-0.2, -0.15) is 5.26 Å².